The van der Waals surface area contributed by atoms with Crippen molar-refractivity contribution in [2.75, 3.05) is 39.8 Å². The molecular weight excluding hydrogens is 234 g/mol. The lowest BCUT2D eigenvalue weighted by atomic mass is 10.00. The molecule has 0 spiro atoms. The van der Waals surface area contributed by atoms with Crippen molar-refractivity contribution in [3.63, 3.8) is 0 Å². The summed E-state index contributed by atoms with van der Waals surface area (Å²) in [5.41, 5.74) is 0.334. The summed E-state index contributed by atoms with van der Waals surface area (Å²) in [6, 6.07) is 0.794. The molecule has 0 unspecified atom stereocenters. The van der Waals surface area contributed by atoms with Crippen LogP contribution in [0.5, 0.6) is 0 Å². The molecule has 1 aliphatic heterocycles. The molecule has 0 radical (unpaired) electrons. The fourth-order valence-corrected chi connectivity index (χ4v) is 3.44. The van der Waals surface area contributed by atoms with Crippen LogP contribution in [0.15, 0.2) is 0 Å². The average Bonchev–Trinajstić information content (AvgIpc) is 2.62. The Bertz CT molecular complexity index is 257. The van der Waals surface area contributed by atoms with Crippen molar-refractivity contribution < 1.29 is 0 Å². The van der Waals surface area contributed by atoms with E-state index in [1.54, 1.807) is 0 Å². The molecule has 1 heterocycles. The summed E-state index contributed by atoms with van der Waals surface area (Å²) >= 11 is 0. The van der Waals surface area contributed by atoms with E-state index in [4.69, 9.17) is 0 Å². The summed E-state index contributed by atoms with van der Waals surface area (Å²) in [5, 5.41) is 3.79. The fourth-order valence-electron chi connectivity index (χ4n) is 3.44. The third-order valence-electron chi connectivity index (χ3n) is 5.11. The van der Waals surface area contributed by atoms with Crippen LogP contribution in [-0.4, -0.2) is 61.2 Å². The maximum absolute atomic E-state index is 3.79. The Balaban J connectivity index is 1.65. The van der Waals surface area contributed by atoms with Crippen molar-refractivity contribution in [3.05, 3.63) is 0 Å². The largest absolute Gasteiger partial charge is 0.313 e. The van der Waals surface area contributed by atoms with Crippen LogP contribution in [0.2, 0.25) is 0 Å². The van der Waals surface area contributed by atoms with Gasteiger partial charge in [0, 0.05) is 44.3 Å². The summed E-state index contributed by atoms with van der Waals surface area (Å²) in [5.74, 6) is 0. The number of piperazine rings is 1. The molecule has 2 aliphatic rings. The standard InChI is InChI=1S/C16H33N3/c1-16(2)14-19(13-12-18(16)3)11-10-17-15-8-6-4-5-7-9-15/h15,17H,4-14H2,1-3H3. The third-order valence-corrected chi connectivity index (χ3v) is 5.11. The molecule has 2 fully saturated rings. The summed E-state index contributed by atoms with van der Waals surface area (Å²) < 4.78 is 0. The molecule has 3 nitrogen and oxygen atoms in total. The van der Waals surface area contributed by atoms with Gasteiger partial charge in [-0.3, -0.25) is 9.80 Å². The second-order valence-electron chi connectivity index (χ2n) is 7.15. The minimum absolute atomic E-state index is 0.334. The van der Waals surface area contributed by atoms with Gasteiger partial charge in [0.1, 0.15) is 0 Å². The van der Waals surface area contributed by atoms with Crippen molar-refractivity contribution in [1.82, 2.24) is 15.1 Å². The monoisotopic (exact) mass is 267 g/mol. The van der Waals surface area contributed by atoms with E-state index in [0.29, 0.717) is 5.54 Å². The van der Waals surface area contributed by atoms with Gasteiger partial charge >= 0.3 is 0 Å². The van der Waals surface area contributed by atoms with E-state index in [0.717, 1.165) is 6.04 Å². The zero-order chi connectivity index (χ0) is 13.7. The number of rotatable bonds is 4. The van der Waals surface area contributed by atoms with Crippen LogP contribution in [0.1, 0.15) is 52.4 Å². The lowest BCUT2D eigenvalue weighted by Gasteiger charge is -2.45. The molecule has 1 saturated carbocycles. The van der Waals surface area contributed by atoms with Crippen molar-refractivity contribution in [2.45, 2.75) is 64.0 Å². The van der Waals surface area contributed by atoms with E-state index in [2.05, 4.69) is 36.0 Å². The molecule has 0 aromatic heterocycles. The van der Waals surface area contributed by atoms with Gasteiger partial charge in [-0.1, -0.05) is 25.7 Å². The van der Waals surface area contributed by atoms with E-state index in [1.807, 2.05) is 0 Å². The lowest BCUT2D eigenvalue weighted by molar-refractivity contribution is 0.0403. The lowest BCUT2D eigenvalue weighted by Crippen LogP contribution is -2.58. The van der Waals surface area contributed by atoms with Crippen LogP contribution in [0.3, 0.4) is 0 Å². The first-order chi connectivity index (χ1) is 9.08. The molecule has 3 heteroatoms. The molecule has 0 aromatic carbocycles. The minimum Gasteiger partial charge on any atom is -0.313 e. The Labute approximate surface area is 119 Å². The molecule has 2 rings (SSSR count). The molecule has 0 atom stereocenters. The highest BCUT2D eigenvalue weighted by Gasteiger charge is 2.30. The van der Waals surface area contributed by atoms with Gasteiger partial charge in [0.2, 0.25) is 0 Å². The Kier molecular flexibility index (Phi) is 5.67. The van der Waals surface area contributed by atoms with Crippen molar-refractivity contribution in [2.24, 2.45) is 0 Å². The fraction of sp³-hybridized carbons (Fsp3) is 1.00. The Hall–Kier alpha value is -0.120. The Morgan fingerprint density at radius 1 is 1.05 bits per heavy atom. The van der Waals surface area contributed by atoms with Crippen molar-refractivity contribution in [3.8, 4) is 0 Å². The average molecular weight is 267 g/mol. The second-order valence-corrected chi connectivity index (χ2v) is 7.15. The minimum atomic E-state index is 0.334. The predicted octanol–water partition coefficient (Wildman–Crippen LogP) is 2.32. The molecule has 1 aliphatic carbocycles. The number of hydrogen-bond acceptors (Lipinski definition) is 3. The van der Waals surface area contributed by atoms with E-state index < -0.39 is 0 Å². The molecular formula is C16H33N3. The van der Waals surface area contributed by atoms with Crippen molar-refractivity contribution >= 4 is 0 Å². The van der Waals surface area contributed by atoms with Crippen LogP contribution in [0, 0.1) is 0 Å². The number of nitrogens with one attached hydrogen (secondary N) is 1. The molecule has 0 bridgehead atoms. The maximum Gasteiger partial charge on any atom is 0.0277 e. The highest BCUT2D eigenvalue weighted by Crippen LogP contribution is 2.19. The van der Waals surface area contributed by atoms with E-state index in [1.165, 1.54) is 71.2 Å². The van der Waals surface area contributed by atoms with Crippen LogP contribution in [0.4, 0.5) is 0 Å². The highest BCUT2D eigenvalue weighted by molar-refractivity contribution is 4.88. The predicted molar refractivity (Wildman–Crippen MR) is 82.6 cm³/mol. The van der Waals surface area contributed by atoms with Gasteiger partial charge in [-0.2, -0.15) is 0 Å². The number of nitrogens with zero attached hydrogens (tertiary/aromatic N) is 2. The Morgan fingerprint density at radius 3 is 2.37 bits per heavy atom. The first kappa shape index (κ1) is 15.3. The molecule has 0 amide bonds. The Morgan fingerprint density at radius 2 is 1.74 bits per heavy atom. The summed E-state index contributed by atoms with van der Waals surface area (Å²) in [7, 11) is 2.25. The van der Waals surface area contributed by atoms with Gasteiger partial charge < -0.3 is 5.32 Å². The summed E-state index contributed by atoms with van der Waals surface area (Å²) in [6.45, 7) is 10.7. The zero-order valence-corrected chi connectivity index (χ0v) is 13.2. The van der Waals surface area contributed by atoms with Crippen LogP contribution in [-0.2, 0) is 0 Å². The SMILES string of the molecule is CN1CCN(CCNC2CCCCCC2)CC1(C)C. The van der Waals surface area contributed by atoms with Gasteiger partial charge in [-0.05, 0) is 33.7 Å². The number of hydrogen-bond donors (Lipinski definition) is 1. The molecule has 1 N–H and O–H groups in total. The van der Waals surface area contributed by atoms with Crippen LogP contribution >= 0.6 is 0 Å². The first-order valence-electron chi connectivity index (χ1n) is 8.25. The highest BCUT2D eigenvalue weighted by atomic mass is 15.3. The van der Waals surface area contributed by atoms with E-state index >= 15 is 0 Å². The second kappa shape index (κ2) is 7.05. The topological polar surface area (TPSA) is 18.5 Å². The van der Waals surface area contributed by atoms with Gasteiger partial charge in [0.05, 0.1) is 0 Å². The molecule has 0 aromatic rings. The third kappa shape index (κ3) is 4.73. The van der Waals surface area contributed by atoms with Gasteiger partial charge in [0.25, 0.3) is 0 Å². The number of likely N-dealkylation sites (N-methyl/N-ethyl adjacent to an activating group) is 1. The zero-order valence-electron chi connectivity index (χ0n) is 13.2. The smallest absolute Gasteiger partial charge is 0.0277 e. The molecule has 112 valence electrons. The normalized spacial score (nSPS) is 27.3. The quantitative estimate of drug-likeness (QED) is 0.789. The molecule has 19 heavy (non-hydrogen) atoms. The van der Waals surface area contributed by atoms with Gasteiger partial charge in [-0.25, -0.2) is 0 Å². The van der Waals surface area contributed by atoms with Crippen molar-refractivity contribution in [1.29, 1.82) is 0 Å². The maximum atomic E-state index is 3.79. The first-order valence-corrected chi connectivity index (χ1v) is 8.25. The van der Waals surface area contributed by atoms with E-state index in [9.17, 15) is 0 Å². The van der Waals surface area contributed by atoms with Gasteiger partial charge in [0.15, 0.2) is 0 Å². The van der Waals surface area contributed by atoms with E-state index in [-0.39, 0.29) is 0 Å². The summed E-state index contributed by atoms with van der Waals surface area (Å²) in [4.78, 5) is 5.12. The van der Waals surface area contributed by atoms with Crippen LogP contribution in [0.25, 0.3) is 0 Å². The van der Waals surface area contributed by atoms with Gasteiger partial charge in [-0.15, -0.1) is 0 Å². The summed E-state index contributed by atoms with van der Waals surface area (Å²) in [6.07, 6.45) is 8.55. The molecule has 1 saturated heterocycles. The van der Waals surface area contributed by atoms with Crippen LogP contribution < -0.4 is 5.32 Å².